The number of halogens is 1. The molecule has 3 rings (SSSR count). The summed E-state index contributed by atoms with van der Waals surface area (Å²) in [6.45, 7) is 1.88. The number of carbonyl (C=O) groups is 1. The molecule has 23 heavy (non-hydrogen) atoms. The molecule has 1 amide bonds. The summed E-state index contributed by atoms with van der Waals surface area (Å²) < 4.78 is 5.23. The first kappa shape index (κ1) is 15.2. The van der Waals surface area contributed by atoms with Crippen LogP contribution in [-0.2, 0) is 0 Å². The number of hydrogen-bond acceptors (Lipinski definition) is 4. The lowest BCUT2D eigenvalue weighted by Gasteiger charge is -2.12. The Bertz CT molecular complexity index is 817. The van der Waals surface area contributed by atoms with Crippen molar-refractivity contribution in [2.75, 3.05) is 0 Å². The zero-order valence-electron chi connectivity index (χ0n) is 12.4. The quantitative estimate of drug-likeness (QED) is 0.789. The summed E-state index contributed by atoms with van der Waals surface area (Å²) in [5, 5.41) is 7.22. The van der Waals surface area contributed by atoms with Crippen LogP contribution in [0.25, 0.3) is 11.3 Å². The minimum absolute atomic E-state index is 0.184. The molecular weight excluding hydrogens is 314 g/mol. The topological polar surface area (TPSA) is 68.0 Å². The Balaban J connectivity index is 1.75. The maximum absolute atomic E-state index is 12.3. The SMILES string of the molecule is CC(NC(=O)c1cc(-c2ccccc2Cl)on1)c1cccnc1. The number of hydrogen-bond donors (Lipinski definition) is 1. The largest absolute Gasteiger partial charge is 0.355 e. The van der Waals surface area contributed by atoms with Gasteiger partial charge in [0.1, 0.15) is 0 Å². The monoisotopic (exact) mass is 327 g/mol. The van der Waals surface area contributed by atoms with Gasteiger partial charge in [0, 0.05) is 24.0 Å². The first-order valence-corrected chi connectivity index (χ1v) is 7.45. The van der Waals surface area contributed by atoms with Crippen molar-refractivity contribution in [3.63, 3.8) is 0 Å². The number of rotatable bonds is 4. The van der Waals surface area contributed by atoms with Crippen LogP contribution >= 0.6 is 11.6 Å². The van der Waals surface area contributed by atoms with Crippen molar-refractivity contribution >= 4 is 17.5 Å². The Morgan fingerprint density at radius 1 is 1.26 bits per heavy atom. The summed E-state index contributed by atoms with van der Waals surface area (Å²) in [5.41, 5.74) is 1.81. The smallest absolute Gasteiger partial charge is 0.273 e. The highest BCUT2D eigenvalue weighted by atomic mass is 35.5. The minimum Gasteiger partial charge on any atom is -0.355 e. The van der Waals surface area contributed by atoms with Gasteiger partial charge < -0.3 is 9.84 Å². The van der Waals surface area contributed by atoms with Crippen LogP contribution in [0.3, 0.4) is 0 Å². The van der Waals surface area contributed by atoms with Gasteiger partial charge in [0.05, 0.1) is 11.1 Å². The molecule has 0 fully saturated rings. The molecule has 116 valence electrons. The normalized spacial score (nSPS) is 11.9. The first-order valence-electron chi connectivity index (χ1n) is 7.07. The van der Waals surface area contributed by atoms with E-state index in [2.05, 4.69) is 15.5 Å². The maximum Gasteiger partial charge on any atom is 0.273 e. The molecule has 1 unspecified atom stereocenters. The summed E-state index contributed by atoms with van der Waals surface area (Å²) in [5.74, 6) is 0.137. The summed E-state index contributed by atoms with van der Waals surface area (Å²) in [6, 6.07) is 12.3. The third kappa shape index (κ3) is 3.40. The van der Waals surface area contributed by atoms with E-state index in [9.17, 15) is 4.79 Å². The van der Waals surface area contributed by atoms with Gasteiger partial charge in [-0.25, -0.2) is 0 Å². The fraction of sp³-hybridized carbons (Fsp3) is 0.118. The highest BCUT2D eigenvalue weighted by Gasteiger charge is 2.17. The fourth-order valence-corrected chi connectivity index (χ4v) is 2.39. The Kier molecular flexibility index (Phi) is 4.39. The number of aromatic nitrogens is 2. The van der Waals surface area contributed by atoms with Crippen LogP contribution in [0.1, 0.15) is 29.0 Å². The molecule has 0 aliphatic carbocycles. The van der Waals surface area contributed by atoms with Crippen LogP contribution in [0.5, 0.6) is 0 Å². The first-order chi connectivity index (χ1) is 11.1. The van der Waals surface area contributed by atoms with Gasteiger partial charge in [-0.15, -0.1) is 0 Å². The Morgan fingerprint density at radius 3 is 2.83 bits per heavy atom. The second kappa shape index (κ2) is 6.62. The second-order valence-electron chi connectivity index (χ2n) is 5.04. The van der Waals surface area contributed by atoms with Gasteiger partial charge in [0.2, 0.25) is 0 Å². The lowest BCUT2D eigenvalue weighted by Crippen LogP contribution is -2.26. The number of benzene rings is 1. The van der Waals surface area contributed by atoms with E-state index in [1.54, 1.807) is 24.5 Å². The molecule has 0 saturated carbocycles. The van der Waals surface area contributed by atoms with Crippen molar-refractivity contribution in [3.8, 4) is 11.3 Å². The van der Waals surface area contributed by atoms with E-state index in [4.69, 9.17) is 16.1 Å². The maximum atomic E-state index is 12.3. The molecule has 6 heteroatoms. The number of nitrogens with one attached hydrogen (secondary N) is 1. The number of pyridine rings is 1. The van der Waals surface area contributed by atoms with Crippen molar-refractivity contribution in [1.82, 2.24) is 15.5 Å². The van der Waals surface area contributed by atoms with E-state index < -0.39 is 0 Å². The van der Waals surface area contributed by atoms with Crippen LogP contribution in [0, 0.1) is 0 Å². The lowest BCUT2D eigenvalue weighted by atomic mass is 10.1. The molecule has 1 atom stereocenters. The summed E-state index contributed by atoms with van der Waals surface area (Å²) in [6.07, 6.45) is 3.40. The molecule has 3 aromatic rings. The van der Waals surface area contributed by atoms with E-state index in [-0.39, 0.29) is 17.6 Å². The van der Waals surface area contributed by atoms with Crippen LogP contribution in [0.15, 0.2) is 59.4 Å². The second-order valence-corrected chi connectivity index (χ2v) is 5.44. The van der Waals surface area contributed by atoms with E-state index in [1.165, 1.54) is 0 Å². The van der Waals surface area contributed by atoms with E-state index in [0.29, 0.717) is 16.3 Å². The minimum atomic E-state index is -0.316. The molecule has 0 aliphatic heterocycles. The van der Waals surface area contributed by atoms with Crippen LogP contribution in [0.2, 0.25) is 5.02 Å². The summed E-state index contributed by atoms with van der Waals surface area (Å²) >= 11 is 6.12. The molecule has 2 aromatic heterocycles. The zero-order valence-corrected chi connectivity index (χ0v) is 13.1. The average Bonchev–Trinajstić information content (AvgIpc) is 3.06. The van der Waals surface area contributed by atoms with Gasteiger partial charge in [-0.05, 0) is 30.7 Å². The predicted molar refractivity (Wildman–Crippen MR) is 87.1 cm³/mol. The van der Waals surface area contributed by atoms with Crippen molar-refractivity contribution in [3.05, 3.63) is 71.1 Å². The third-order valence-electron chi connectivity index (χ3n) is 3.41. The molecule has 0 aliphatic rings. The van der Waals surface area contributed by atoms with Crippen LogP contribution in [0.4, 0.5) is 0 Å². The average molecular weight is 328 g/mol. The molecule has 0 saturated heterocycles. The number of carbonyl (C=O) groups excluding carboxylic acids is 1. The van der Waals surface area contributed by atoms with Gasteiger partial charge in [-0.3, -0.25) is 9.78 Å². The highest BCUT2D eigenvalue weighted by Crippen LogP contribution is 2.28. The lowest BCUT2D eigenvalue weighted by molar-refractivity contribution is 0.0931. The van der Waals surface area contributed by atoms with E-state index >= 15 is 0 Å². The van der Waals surface area contributed by atoms with Crippen molar-refractivity contribution in [2.45, 2.75) is 13.0 Å². The van der Waals surface area contributed by atoms with Gasteiger partial charge in [-0.1, -0.05) is 35.0 Å². The molecule has 5 nitrogen and oxygen atoms in total. The van der Waals surface area contributed by atoms with Gasteiger partial charge >= 0.3 is 0 Å². The molecule has 0 radical (unpaired) electrons. The summed E-state index contributed by atoms with van der Waals surface area (Å²) in [4.78, 5) is 16.3. The standard InChI is InChI=1S/C17H14ClN3O2/c1-11(12-5-4-8-19-10-12)20-17(22)15-9-16(23-21-15)13-6-2-3-7-14(13)18/h2-11H,1H3,(H,20,22). The third-order valence-corrected chi connectivity index (χ3v) is 3.74. The number of amides is 1. The molecular formula is C17H14ClN3O2. The summed E-state index contributed by atoms with van der Waals surface area (Å²) in [7, 11) is 0. The van der Waals surface area contributed by atoms with Crippen LogP contribution in [-0.4, -0.2) is 16.0 Å². The molecule has 2 heterocycles. The van der Waals surface area contributed by atoms with Gasteiger partial charge in [-0.2, -0.15) is 0 Å². The van der Waals surface area contributed by atoms with E-state index in [1.807, 2.05) is 37.3 Å². The number of nitrogens with zero attached hydrogens (tertiary/aromatic N) is 2. The predicted octanol–water partition coefficient (Wildman–Crippen LogP) is 3.88. The highest BCUT2D eigenvalue weighted by molar-refractivity contribution is 6.33. The Labute approximate surface area is 138 Å². The Hall–Kier alpha value is -2.66. The molecule has 0 bridgehead atoms. The Morgan fingerprint density at radius 2 is 2.09 bits per heavy atom. The zero-order chi connectivity index (χ0) is 16.2. The van der Waals surface area contributed by atoms with E-state index in [0.717, 1.165) is 5.56 Å². The molecule has 0 spiro atoms. The molecule has 1 N–H and O–H groups in total. The van der Waals surface area contributed by atoms with Gasteiger partial charge in [0.25, 0.3) is 5.91 Å². The van der Waals surface area contributed by atoms with Crippen molar-refractivity contribution in [1.29, 1.82) is 0 Å². The van der Waals surface area contributed by atoms with Crippen LogP contribution < -0.4 is 5.32 Å². The van der Waals surface area contributed by atoms with Crippen molar-refractivity contribution < 1.29 is 9.32 Å². The van der Waals surface area contributed by atoms with Crippen molar-refractivity contribution in [2.24, 2.45) is 0 Å². The fourth-order valence-electron chi connectivity index (χ4n) is 2.16. The van der Waals surface area contributed by atoms with Gasteiger partial charge in [0.15, 0.2) is 11.5 Å². The molecule has 1 aromatic carbocycles.